The van der Waals surface area contributed by atoms with Crippen molar-refractivity contribution in [2.45, 2.75) is 68.0 Å². The van der Waals surface area contributed by atoms with Crippen molar-refractivity contribution in [3.05, 3.63) is 98.5 Å². The third kappa shape index (κ3) is 4.46. The fraction of sp³-hybridized carbons (Fsp3) is 0.379. The second-order valence-electron chi connectivity index (χ2n) is 9.20. The van der Waals surface area contributed by atoms with Crippen LogP contribution in [-0.4, -0.2) is 5.11 Å². The molecule has 0 spiro atoms. The minimum atomic E-state index is -1.36. The molecule has 1 aliphatic carbocycles. The summed E-state index contributed by atoms with van der Waals surface area (Å²) in [5.41, 5.74) is 3.78. The van der Waals surface area contributed by atoms with Crippen LogP contribution in [-0.2, 0) is 16.2 Å². The molecule has 0 heterocycles. The third-order valence-electron chi connectivity index (χ3n) is 7.03. The van der Waals surface area contributed by atoms with Crippen molar-refractivity contribution in [1.29, 1.82) is 0 Å². The van der Waals surface area contributed by atoms with Crippen LogP contribution in [0.5, 0.6) is 5.75 Å². The molecule has 0 bridgehead atoms. The second-order valence-corrected chi connectivity index (χ2v) is 11.4. The van der Waals surface area contributed by atoms with Crippen LogP contribution in [0, 0.1) is 0 Å². The largest absolute Gasteiger partial charge is 0.508 e. The van der Waals surface area contributed by atoms with E-state index in [-0.39, 0.29) is 5.75 Å². The molecule has 0 radical (unpaired) electrons. The number of halogens is 4. The van der Waals surface area contributed by atoms with E-state index in [2.05, 4.69) is 6.92 Å². The average Bonchev–Trinajstić information content (AvgIpc) is 2.81. The van der Waals surface area contributed by atoms with E-state index in [4.69, 9.17) is 46.4 Å². The molecule has 0 saturated heterocycles. The van der Waals surface area contributed by atoms with Crippen molar-refractivity contribution in [2.24, 2.45) is 0 Å². The number of aryl methyl sites for hydroxylation is 1. The van der Waals surface area contributed by atoms with Gasteiger partial charge < -0.3 is 5.11 Å². The predicted molar refractivity (Wildman–Crippen MR) is 146 cm³/mol. The van der Waals surface area contributed by atoms with Gasteiger partial charge in [0, 0.05) is 15.6 Å². The smallest absolute Gasteiger partial charge is 0.164 e. The van der Waals surface area contributed by atoms with Crippen molar-refractivity contribution in [1.82, 2.24) is 0 Å². The molecule has 3 aromatic carbocycles. The molecular weight excluding hydrogens is 506 g/mol. The molecule has 0 aromatic heterocycles. The Morgan fingerprint density at radius 2 is 1.15 bits per heavy atom. The van der Waals surface area contributed by atoms with Gasteiger partial charge in [-0.2, -0.15) is 0 Å². The van der Waals surface area contributed by atoms with Gasteiger partial charge in [0.25, 0.3) is 0 Å². The lowest BCUT2D eigenvalue weighted by Crippen LogP contribution is -2.54. The molecule has 180 valence electrons. The summed E-state index contributed by atoms with van der Waals surface area (Å²) >= 11 is 26.8. The Labute approximate surface area is 223 Å². The van der Waals surface area contributed by atoms with Crippen molar-refractivity contribution >= 4 is 46.4 Å². The van der Waals surface area contributed by atoms with Crippen LogP contribution in [0.3, 0.4) is 0 Å². The van der Waals surface area contributed by atoms with E-state index in [1.807, 2.05) is 54.6 Å². The first kappa shape index (κ1) is 25.7. The number of phenols is 1. The first-order valence-corrected chi connectivity index (χ1v) is 13.6. The zero-order valence-electron chi connectivity index (χ0n) is 19.4. The predicted octanol–water partition coefficient (Wildman–Crippen LogP) is 9.97. The summed E-state index contributed by atoms with van der Waals surface area (Å²) in [7, 11) is 0. The van der Waals surface area contributed by atoms with E-state index in [1.54, 1.807) is 6.07 Å². The monoisotopic (exact) mass is 534 g/mol. The zero-order chi connectivity index (χ0) is 24.3. The minimum absolute atomic E-state index is 0.127. The summed E-state index contributed by atoms with van der Waals surface area (Å²) in [5, 5.41) is 12.1. The van der Waals surface area contributed by atoms with Crippen LogP contribution < -0.4 is 0 Å². The zero-order valence-corrected chi connectivity index (χ0v) is 22.4. The Morgan fingerprint density at radius 3 is 1.68 bits per heavy atom. The highest BCUT2D eigenvalue weighted by molar-refractivity contribution is 6.51. The van der Waals surface area contributed by atoms with Gasteiger partial charge in [0.05, 0.1) is 5.41 Å². The lowest BCUT2D eigenvalue weighted by Gasteiger charge is -2.55. The molecule has 0 saturated carbocycles. The van der Waals surface area contributed by atoms with Crippen LogP contribution >= 0.6 is 46.4 Å². The molecule has 0 fully saturated rings. The lowest BCUT2D eigenvalue weighted by atomic mass is 9.54. The van der Waals surface area contributed by atoms with Gasteiger partial charge in [-0.3, -0.25) is 0 Å². The molecule has 1 N–H and O–H groups in total. The van der Waals surface area contributed by atoms with Crippen molar-refractivity contribution < 1.29 is 5.11 Å². The Balaban J connectivity index is 1.77. The molecule has 0 unspecified atom stereocenters. The van der Waals surface area contributed by atoms with E-state index in [9.17, 15) is 5.11 Å². The molecule has 4 rings (SSSR count). The number of unbranched alkanes of at least 4 members (excludes halogenated alkanes) is 6. The van der Waals surface area contributed by atoms with Gasteiger partial charge >= 0.3 is 0 Å². The highest BCUT2D eigenvalue weighted by Crippen LogP contribution is 2.70. The molecule has 3 aromatic rings. The summed E-state index contributed by atoms with van der Waals surface area (Å²) in [6.45, 7) is 2.24. The van der Waals surface area contributed by atoms with Gasteiger partial charge in [-0.15, -0.1) is 0 Å². The Bertz CT molecular complexity index is 1070. The van der Waals surface area contributed by atoms with E-state index >= 15 is 0 Å². The number of rotatable bonds is 10. The summed E-state index contributed by atoms with van der Waals surface area (Å²) in [6.07, 6.45) is 9.58. The van der Waals surface area contributed by atoms with Gasteiger partial charge in [-0.05, 0) is 65.4 Å². The highest BCUT2D eigenvalue weighted by Gasteiger charge is 2.66. The van der Waals surface area contributed by atoms with Gasteiger partial charge in [-0.1, -0.05) is 122 Å². The van der Waals surface area contributed by atoms with E-state index in [1.165, 1.54) is 44.1 Å². The van der Waals surface area contributed by atoms with Crippen LogP contribution in [0.25, 0.3) is 0 Å². The summed E-state index contributed by atoms with van der Waals surface area (Å²) < 4.78 is -1.36. The van der Waals surface area contributed by atoms with Crippen molar-refractivity contribution in [3.8, 4) is 5.75 Å². The molecule has 0 aliphatic heterocycles. The maximum Gasteiger partial charge on any atom is 0.164 e. The number of phenolic OH excluding ortho intramolecular Hbond substituents is 1. The third-order valence-corrected chi connectivity index (χ3v) is 8.48. The van der Waals surface area contributed by atoms with Crippen molar-refractivity contribution in [3.63, 3.8) is 0 Å². The van der Waals surface area contributed by atoms with Gasteiger partial charge in [0.2, 0.25) is 0 Å². The number of benzene rings is 3. The molecule has 34 heavy (non-hydrogen) atoms. The van der Waals surface area contributed by atoms with Crippen LogP contribution in [0.15, 0.2) is 60.7 Å². The summed E-state index contributed by atoms with van der Waals surface area (Å²) in [6, 6.07) is 19.1. The first-order valence-electron chi connectivity index (χ1n) is 12.1. The summed E-state index contributed by atoms with van der Waals surface area (Å²) in [5.74, 6) is 0.127. The fourth-order valence-corrected chi connectivity index (χ4v) is 6.62. The van der Waals surface area contributed by atoms with Gasteiger partial charge in [-0.25, -0.2) is 0 Å². The number of aromatic hydroxyl groups is 1. The highest BCUT2D eigenvalue weighted by atomic mass is 35.5. The maximum absolute atomic E-state index is 10.8. The maximum atomic E-state index is 10.8. The Hall–Kier alpha value is -1.38. The molecular formula is C29H30Cl4O. The molecule has 1 aliphatic rings. The number of fused-ring (bicyclic) bond motifs is 1. The van der Waals surface area contributed by atoms with Crippen LogP contribution in [0.2, 0.25) is 10.0 Å². The first-order chi connectivity index (χ1) is 16.3. The van der Waals surface area contributed by atoms with Crippen LogP contribution in [0.4, 0.5) is 0 Å². The molecule has 5 heteroatoms. The minimum Gasteiger partial charge on any atom is -0.508 e. The second kappa shape index (κ2) is 10.7. The number of alkyl halides is 2. The number of hydrogen-bond acceptors (Lipinski definition) is 1. The fourth-order valence-electron chi connectivity index (χ4n) is 5.36. The van der Waals surface area contributed by atoms with Gasteiger partial charge in [0.1, 0.15) is 5.75 Å². The van der Waals surface area contributed by atoms with Gasteiger partial charge in [0.15, 0.2) is 4.33 Å². The SMILES string of the molecule is CCCCCCCCCc1ccc(O)c2c1C(c1ccc(Cl)cc1)(c1ccc(Cl)cc1)C2(Cl)Cl. The topological polar surface area (TPSA) is 20.2 Å². The van der Waals surface area contributed by atoms with E-state index in [0.717, 1.165) is 29.5 Å². The normalized spacial score (nSPS) is 15.6. The number of hydrogen-bond donors (Lipinski definition) is 1. The Morgan fingerprint density at radius 1 is 0.647 bits per heavy atom. The van der Waals surface area contributed by atoms with E-state index in [0.29, 0.717) is 15.6 Å². The average molecular weight is 536 g/mol. The molecule has 0 amide bonds. The molecule has 1 nitrogen and oxygen atoms in total. The van der Waals surface area contributed by atoms with Crippen molar-refractivity contribution in [2.75, 3.05) is 0 Å². The summed E-state index contributed by atoms with van der Waals surface area (Å²) in [4.78, 5) is 0. The molecule has 0 atom stereocenters. The lowest BCUT2D eigenvalue weighted by molar-refractivity contribution is 0.405. The van der Waals surface area contributed by atoms with Crippen LogP contribution in [0.1, 0.15) is 79.7 Å². The Kier molecular flexibility index (Phi) is 8.09. The quantitative estimate of drug-likeness (QED) is 0.202. The van der Waals surface area contributed by atoms with E-state index < -0.39 is 9.75 Å². The standard InChI is InChI=1S/C29H30Cl4O/c1-2-3-4-5-6-7-8-9-20-10-19-25(34)27-26(20)28(29(27,32)33,21-11-15-23(30)16-12-21)22-13-17-24(31)18-14-22/h10-19,34H,2-9H2,1H3.